The average Bonchev–Trinajstić information content (AvgIpc) is 2.74. The Morgan fingerprint density at radius 1 is 1.43 bits per heavy atom. The standard InChI is InChI=1S/C17H27N3O/c1-12(2)10-15(18)17(21)19-8-9-20-13(3)11-14-6-4-5-7-16(14)20/h4-7,12-13,15H,8-11,18H2,1-3H3,(H,19,21)/t13?,15-/m0/s1. The van der Waals surface area contributed by atoms with Gasteiger partial charge in [0.1, 0.15) is 0 Å². The number of hydrogen-bond acceptors (Lipinski definition) is 3. The van der Waals surface area contributed by atoms with Crippen molar-refractivity contribution in [2.75, 3.05) is 18.0 Å². The molecule has 2 rings (SSSR count). The van der Waals surface area contributed by atoms with E-state index in [9.17, 15) is 4.79 Å². The van der Waals surface area contributed by atoms with E-state index in [1.807, 2.05) is 0 Å². The molecule has 1 heterocycles. The lowest BCUT2D eigenvalue weighted by Crippen LogP contribution is -2.45. The summed E-state index contributed by atoms with van der Waals surface area (Å²) in [5.41, 5.74) is 8.58. The predicted octanol–water partition coefficient (Wildman–Crippen LogP) is 1.93. The molecule has 0 saturated carbocycles. The number of nitrogens with one attached hydrogen (secondary N) is 1. The first kappa shape index (κ1) is 15.8. The fourth-order valence-corrected chi connectivity index (χ4v) is 3.02. The molecule has 1 aliphatic rings. The highest BCUT2D eigenvalue weighted by atomic mass is 16.2. The van der Waals surface area contributed by atoms with Crippen molar-refractivity contribution in [1.82, 2.24) is 5.32 Å². The summed E-state index contributed by atoms with van der Waals surface area (Å²) in [6, 6.07) is 8.59. The molecular formula is C17H27N3O. The number of rotatable bonds is 6. The van der Waals surface area contributed by atoms with E-state index in [2.05, 4.69) is 55.3 Å². The van der Waals surface area contributed by atoms with Crippen LogP contribution in [-0.2, 0) is 11.2 Å². The van der Waals surface area contributed by atoms with Gasteiger partial charge in [0.2, 0.25) is 5.91 Å². The Morgan fingerprint density at radius 3 is 2.86 bits per heavy atom. The largest absolute Gasteiger partial charge is 0.367 e. The SMILES string of the molecule is CC(C)C[C@H](N)C(=O)NCCN1c2ccccc2CC1C. The van der Waals surface area contributed by atoms with E-state index in [1.165, 1.54) is 11.3 Å². The zero-order valence-corrected chi connectivity index (χ0v) is 13.3. The lowest BCUT2D eigenvalue weighted by molar-refractivity contribution is -0.122. The first-order valence-electron chi connectivity index (χ1n) is 7.87. The predicted molar refractivity (Wildman–Crippen MR) is 87.4 cm³/mol. The van der Waals surface area contributed by atoms with E-state index in [0.29, 0.717) is 18.5 Å². The second kappa shape index (κ2) is 6.94. The molecular weight excluding hydrogens is 262 g/mol. The van der Waals surface area contributed by atoms with Crippen molar-refractivity contribution in [3.63, 3.8) is 0 Å². The summed E-state index contributed by atoms with van der Waals surface area (Å²) < 4.78 is 0. The third-order valence-corrected chi connectivity index (χ3v) is 4.06. The molecule has 0 bridgehead atoms. The Balaban J connectivity index is 1.83. The van der Waals surface area contributed by atoms with Crippen LogP contribution in [0.15, 0.2) is 24.3 Å². The molecule has 0 spiro atoms. The first-order chi connectivity index (χ1) is 9.99. The van der Waals surface area contributed by atoms with Crippen LogP contribution in [0.4, 0.5) is 5.69 Å². The fraction of sp³-hybridized carbons (Fsp3) is 0.588. The summed E-state index contributed by atoms with van der Waals surface area (Å²) >= 11 is 0. The van der Waals surface area contributed by atoms with Gasteiger partial charge in [0.25, 0.3) is 0 Å². The van der Waals surface area contributed by atoms with Gasteiger partial charge in [0, 0.05) is 24.8 Å². The smallest absolute Gasteiger partial charge is 0.236 e. The van der Waals surface area contributed by atoms with Crippen LogP contribution in [0, 0.1) is 5.92 Å². The number of nitrogens with zero attached hydrogens (tertiary/aromatic N) is 1. The molecule has 4 heteroatoms. The Hall–Kier alpha value is -1.55. The van der Waals surface area contributed by atoms with E-state index in [-0.39, 0.29) is 5.91 Å². The molecule has 1 unspecified atom stereocenters. The molecule has 1 amide bonds. The minimum atomic E-state index is -0.395. The maximum atomic E-state index is 11.9. The van der Waals surface area contributed by atoms with Crippen LogP contribution in [0.5, 0.6) is 0 Å². The van der Waals surface area contributed by atoms with Crippen LogP contribution < -0.4 is 16.0 Å². The molecule has 3 N–H and O–H groups in total. The van der Waals surface area contributed by atoms with Gasteiger partial charge in [-0.1, -0.05) is 32.0 Å². The van der Waals surface area contributed by atoms with Crippen LogP contribution in [0.25, 0.3) is 0 Å². The molecule has 0 saturated heterocycles. The maximum Gasteiger partial charge on any atom is 0.236 e. The van der Waals surface area contributed by atoms with Gasteiger partial charge in [-0.25, -0.2) is 0 Å². The van der Waals surface area contributed by atoms with Crippen LogP contribution in [-0.4, -0.2) is 31.1 Å². The minimum absolute atomic E-state index is 0.0381. The zero-order chi connectivity index (χ0) is 15.4. The summed E-state index contributed by atoms with van der Waals surface area (Å²) in [6.07, 6.45) is 1.81. The molecule has 2 atom stereocenters. The Morgan fingerprint density at radius 2 is 2.14 bits per heavy atom. The van der Waals surface area contributed by atoms with Gasteiger partial charge in [-0.15, -0.1) is 0 Å². The van der Waals surface area contributed by atoms with Crippen molar-refractivity contribution in [3.05, 3.63) is 29.8 Å². The molecule has 0 aliphatic carbocycles. The van der Waals surface area contributed by atoms with Gasteiger partial charge in [-0.2, -0.15) is 0 Å². The van der Waals surface area contributed by atoms with Gasteiger partial charge >= 0.3 is 0 Å². The molecule has 1 aromatic rings. The van der Waals surface area contributed by atoms with E-state index in [1.54, 1.807) is 0 Å². The number of hydrogen-bond donors (Lipinski definition) is 2. The lowest BCUT2D eigenvalue weighted by atomic mass is 10.0. The Labute approximate surface area is 127 Å². The molecule has 116 valence electrons. The highest BCUT2D eigenvalue weighted by Crippen LogP contribution is 2.31. The molecule has 0 fully saturated rings. The minimum Gasteiger partial charge on any atom is -0.367 e. The van der Waals surface area contributed by atoms with Crippen molar-refractivity contribution in [2.24, 2.45) is 11.7 Å². The monoisotopic (exact) mass is 289 g/mol. The van der Waals surface area contributed by atoms with E-state index >= 15 is 0 Å². The van der Waals surface area contributed by atoms with Crippen molar-refractivity contribution in [1.29, 1.82) is 0 Å². The number of nitrogens with two attached hydrogens (primary N) is 1. The van der Waals surface area contributed by atoms with Crippen molar-refractivity contribution >= 4 is 11.6 Å². The van der Waals surface area contributed by atoms with Crippen LogP contribution in [0.2, 0.25) is 0 Å². The first-order valence-corrected chi connectivity index (χ1v) is 7.87. The van der Waals surface area contributed by atoms with Crippen LogP contribution >= 0.6 is 0 Å². The molecule has 0 radical (unpaired) electrons. The highest BCUT2D eigenvalue weighted by Gasteiger charge is 2.25. The number of para-hydroxylation sites is 1. The van der Waals surface area contributed by atoms with Crippen molar-refractivity contribution in [3.8, 4) is 0 Å². The maximum absolute atomic E-state index is 11.9. The van der Waals surface area contributed by atoms with Crippen molar-refractivity contribution in [2.45, 2.75) is 45.7 Å². The van der Waals surface area contributed by atoms with Gasteiger partial charge in [-0.05, 0) is 37.3 Å². The summed E-state index contributed by atoms with van der Waals surface area (Å²) in [5.74, 6) is 0.403. The molecule has 21 heavy (non-hydrogen) atoms. The van der Waals surface area contributed by atoms with E-state index in [0.717, 1.165) is 19.4 Å². The quantitative estimate of drug-likeness (QED) is 0.841. The second-order valence-corrected chi connectivity index (χ2v) is 6.40. The fourth-order valence-electron chi connectivity index (χ4n) is 3.02. The van der Waals surface area contributed by atoms with E-state index in [4.69, 9.17) is 5.73 Å². The normalized spacial score (nSPS) is 18.7. The summed E-state index contributed by atoms with van der Waals surface area (Å²) in [5, 5.41) is 2.96. The van der Waals surface area contributed by atoms with E-state index < -0.39 is 6.04 Å². The van der Waals surface area contributed by atoms with Crippen LogP contribution in [0.3, 0.4) is 0 Å². The van der Waals surface area contributed by atoms with Gasteiger partial charge in [-0.3, -0.25) is 4.79 Å². The molecule has 1 aliphatic heterocycles. The third-order valence-electron chi connectivity index (χ3n) is 4.06. The summed E-state index contributed by atoms with van der Waals surface area (Å²) in [4.78, 5) is 14.3. The lowest BCUT2D eigenvalue weighted by Gasteiger charge is -2.25. The Kier molecular flexibility index (Phi) is 5.23. The Bertz CT molecular complexity index is 487. The number of carbonyl (C=O) groups is 1. The number of carbonyl (C=O) groups excluding carboxylic acids is 1. The summed E-state index contributed by atoms with van der Waals surface area (Å²) in [6.45, 7) is 7.86. The molecule has 1 aromatic carbocycles. The number of fused-ring (bicyclic) bond motifs is 1. The number of benzene rings is 1. The number of amides is 1. The highest BCUT2D eigenvalue weighted by molar-refractivity contribution is 5.81. The summed E-state index contributed by atoms with van der Waals surface area (Å²) in [7, 11) is 0. The van der Waals surface area contributed by atoms with Crippen molar-refractivity contribution < 1.29 is 4.79 Å². The average molecular weight is 289 g/mol. The van der Waals surface area contributed by atoms with Gasteiger partial charge in [0.05, 0.1) is 6.04 Å². The third kappa shape index (κ3) is 3.97. The topological polar surface area (TPSA) is 58.4 Å². The van der Waals surface area contributed by atoms with Gasteiger partial charge in [0.15, 0.2) is 0 Å². The van der Waals surface area contributed by atoms with Gasteiger partial charge < -0.3 is 16.0 Å². The van der Waals surface area contributed by atoms with Crippen LogP contribution in [0.1, 0.15) is 32.8 Å². The zero-order valence-electron chi connectivity index (χ0n) is 13.3. The molecule has 4 nitrogen and oxygen atoms in total. The number of anilines is 1. The second-order valence-electron chi connectivity index (χ2n) is 6.40. The molecule has 0 aromatic heterocycles.